The summed E-state index contributed by atoms with van der Waals surface area (Å²) < 4.78 is 25.8. The summed E-state index contributed by atoms with van der Waals surface area (Å²) in [4.78, 5) is 27.1. The number of hydrogen-bond acceptors (Lipinski definition) is 4. The largest absolute Gasteiger partial charge is 0.355 e. The van der Waals surface area contributed by atoms with Crippen LogP contribution in [0.4, 0.5) is 5.69 Å². The molecule has 168 valence electrons. The minimum Gasteiger partial charge on any atom is -0.355 e. The normalized spacial score (nSPS) is 12.2. The van der Waals surface area contributed by atoms with Crippen LogP contribution in [0.1, 0.15) is 19.4 Å². The molecule has 1 atom stereocenters. The molecule has 0 saturated heterocycles. The van der Waals surface area contributed by atoms with E-state index in [0.717, 1.165) is 16.1 Å². The van der Waals surface area contributed by atoms with Crippen molar-refractivity contribution in [1.29, 1.82) is 0 Å². The summed E-state index contributed by atoms with van der Waals surface area (Å²) in [7, 11) is -3.82. The Bertz CT molecular complexity index is 1030. The van der Waals surface area contributed by atoms with Crippen molar-refractivity contribution in [3.05, 3.63) is 64.1 Å². The second-order valence-corrected chi connectivity index (χ2v) is 9.67. The molecule has 2 amide bonds. The van der Waals surface area contributed by atoms with Gasteiger partial charge < -0.3 is 10.2 Å². The van der Waals surface area contributed by atoms with Gasteiger partial charge in [-0.05, 0) is 37.6 Å². The number of nitrogens with zero attached hydrogens (tertiary/aromatic N) is 2. The quantitative estimate of drug-likeness (QED) is 0.589. The maximum Gasteiger partial charge on any atom is 0.244 e. The van der Waals surface area contributed by atoms with Crippen molar-refractivity contribution >= 4 is 50.7 Å². The van der Waals surface area contributed by atoms with E-state index >= 15 is 0 Å². The summed E-state index contributed by atoms with van der Waals surface area (Å²) in [5.41, 5.74) is 1.02. The van der Waals surface area contributed by atoms with E-state index in [2.05, 4.69) is 5.32 Å². The molecule has 0 bridgehead atoms. The van der Waals surface area contributed by atoms with E-state index in [1.807, 2.05) is 30.3 Å². The van der Waals surface area contributed by atoms with Gasteiger partial charge in [0.25, 0.3) is 0 Å². The monoisotopic (exact) mass is 485 g/mol. The van der Waals surface area contributed by atoms with E-state index in [4.69, 9.17) is 23.2 Å². The Kier molecular flexibility index (Phi) is 8.73. The second-order valence-electron chi connectivity index (χ2n) is 6.95. The average Bonchev–Trinajstić information content (AvgIpc) is 2.72. The molecule has 2 aromatic rings. The van der Waals surface area contributed by atoms with Crippen LogP contribution in [0.2, 0.25) is 10.0 Å². The minimum absolute atomic E-state index is 0.150. The number of likely N-dealkylation sites (N-methyl/N-ethyl adjacent to an activating group) is 1. The predicted molar refractivity (Wildman–Crippen MR) is 124 cm³/mol. The number of carbonyl (C=O) groups is 2. The fraction of sp³-hybridized carbons (Fsp3) is 0.333. The van der Waals surface area contributed by atoms with Crippen LogP contribution in [0, 0.1) is 0 Å². The van der Waals surface area contributed by atoms with E-state index in [1.54, 1.807) is 13.8 Å². The van der Waals surface area contributed by atoms with Gasteiger partial charge in [-0.25, -0.2) is 8.42 Å². The maximum absolute atomic E-state index is 13.3. The van der Waals surface area contributed by atoms with Gasteiger partial charge in [-0.2, -0.15) is 0 Å². The number of sulfonamides is 1. The number of anilines is 1. The number of amides is 2. The molecule has 10 heteroatoms. The molecule has 0 aliphatic rings. The average molecular weight is 486 g/mol. The van der Waals surface area contributed by atoms with Crippen molar-refractivity contribution in [1.82, 2.24) is 10.2 Å². The summed E-state index contributed by atoms with van der Waals surface area (Å²) in [6.45, 7) is 3.46. The highest BCUT2D eigenvalue weighted by Crippen LogP contribution is 2.28. The highest BCUT2D eigenvalue weighted by Gasteiger charge is 2.30. The molecule has 2 rings (SSSR count). The molecule has 0 spiro atoms. The highest BCUT2D eigenvalue weighted by atomic mass is 35.5. The zero-order chi connectivity index (χ0) is 23.2. The molecule has 7 nitrogen and oxygen atoms in total. The summed E-state index contributed by atoms with van der Waals surface area (Å²) in [6.07, 6.45) is 0.998. The Labute approximate surface area is 193 Å². The lowest BCUT2D eigenvalue weighted by molar-refractivity contribution is -0.139. The van der Waals surface area contributed by atoms with Crippen LogP contribution in [0.5, 0.6) is 0 Å². The zero-order valence-corrected chi connectivity index (χ0v) is 19.8. The number of benzene rings is 2. The SMILES string of the molecule is CCNC(=O)[C@H](C)N(Cc1ccccc1)C(=O)CN(c1ccc(Cl)c(Cl)c1)S(C)(=O)=O. The third kappa shape index (κ3) is 6.85. The first-order valence-corrected chi connectivity index (χ1v) is 12.2. The van der Waals surface area contributed by atoms with Gasteiger partial charge in [-0.15, -0.1) is 0 Å². The number of rotatable bonds is 9. The summed E-state index contributed by atoms with van der Waals surface area (Å²) in [6, 6.07) is 12.7. The molecule has 2 aromatic carbocycles. The lowest BCUT2D eigenvalue weighted by atomic mass is 10.1. The molecule has 0 heterocycles. The van der Waals surface area contributed by atoms with Gasteiger partial charge in [0.2, 0.25) is 21.8 Å². The molecular weight excluding hydrogens is 461 g/mol. The first kappa shape index (κ1) is 25.0. The Hall–Kier alpha value is -2.29. The highest BCUT2D eigenvalue weighted by molar-refractivity contribution is 7.92. The van der Waals surface area contributed by atoms with Gasteiger partial charge in [-0.3, -0.25) is 13.9 Å². The lowest BCUT2D eigenvalue weighted by Crippen LogP contribution is -2.51. The van der Waals surface area contributed by atoms with Gasteiger partial charge in [0.15, 0.2) is 0 Å². The van der Waals surface area contributed by atoms with Gasteiger partial charge in [0, 0.05) is 13.1 Å². The smallest absolute Gasteiger partial charge is 0.244 e. The standard InChI is InChI=1S/C21H25Cl2N3O4S/c1-4-24-21(28)15(2)25(13-16-8-6-5-7-9-16)20(27)14-26(31(3,29)30)17-10-11-18(22)19(23)12-17/h5-12,15H,4,13-14H2,1-3H3,(H,24,28)/t15-/m0/s1. The summed E-state index contributed by atoms with van der Waals surface area (Å²) in [5.74, 6) is -0.855. The van der Waals surface area contributed by atoms with E-state index in [9.17, 15) is 18.0 Å². The third-order valence-corrected chi connectivity index (χ3v) is 6.46. The Balaban J connectivity index is 2.38. The predicted octanol–water partition coefficient (Wildman–Crippen LogP) is 3.31. The van der Waals surface area contributed by atoms with Gasteiger partial charge in [0.1, 0.15) is 12.6 Å². The zero-order valence-electron chi connectivity index (χ0n) is 17.5. The number of halogens is 2. The minimum atomic E-state index is -3.82. The summed E-state index contributed by atoms with van der Waals surface area (Å²) >= 11 is 12.0. The molecule has 0 aliphatic heterocycles. The molecular formula is C21H25Cl2N3O4S. The van der Waals surface area contributed by atoms with E-state index in [-0.39, 0.29) is 28.2 Å². The topological polar surface area (TPSA) is 86.8 Å². The van der Waals surface area contributed by atoms with E-state index in [1.165, 1.54) is 23.1 Å². The molecule has 0 unspecified atom stereocenters. The van der Waals surface area contributed by atoms with Crippen LogP contribution in [0.25, 0.3) is 0 Å². The molecule has 0 fully saturated rings. The van der Waals surface area contributed by atoms with E-state index in [0.29, 0.717) is 6.54 Å². The Morgan fingerprint density at radius 2 is 1.71 bits per heavy atom. The Morgan fingerprint density at radius 1 is 1.06 bits per heavy atom. The van der Waals surface area contributed by atoms with Crippen LogP contribution in [0.15, 0.2) is 48.5 Å². The van der Waals surface area contributed by atoms with Crippen molar-refractivity contribution in [2.75, 3.05) is 23.7 Å². The first-order chi connectivity index (χ1) is 14.5. The van der Waals surface area contributed by atoms with Crippen molar-refractivity contribution in [2.24, 2.45) is 0 Å². The van der Waals surface area contributed by atoms with Crippen LogP contribution < -0.4 is 9.62 Å². The molecule has 1 N–H and O–H groups in total. The van der Waals surface area contributed by atoms with Crippen molar-refractivity contribution in [3.8, 4) is 0 Å². The summed E-state index contributed by atoms with van der Waals surface area (Å²) in [5, 5.41) is 3.13. The van der Waals surface area contributed by atoms with Crippen molar-refractivity contribution in [3.63, 3.8) is 0 Å². The van der Waals surface area contributed by atoms with Gasteiger partial charge >= 0.3 is 0 Å². The fourth-order valence-corrected chi connectivity index (χ4v) is 4.07. The van der Waals surface area contributed by atoms with Crippen LogP contribution >= 0.6 is 23.2 Å². The van der Waals surface area contributed by atoms with Gasteiger partial charge in [-0.1, -0.05) is 53.5 Å². The van der Waals surface area contributed by atoms with Crippen LogP contribution in [-0.4, -0.2) is 50.5 Å². The number of nitrogens with one attached hydrogen (secondary N) is 1. The molecule has 0 aliphatic carbocycles. The van der Waals surface area contributed by atoms with E-state index < -0.39 is 28.5 Å². The third-order valence-electron chi connectivity index (χ3n) is 4.58. The molecule has 0 radical (unpaired) electrons. The van der Waals surface area contributed by atoms with Gasteiger partial charge in [0.05, 0.1) is 22.0 Å². The number of hydrogen-bond donors (Lipinski definition) is 1. The maximum atomic E-state index is 13.3. The lowest BCUT2D eigenvalue weighted by Gasteiger charge is -2.31. The second kappa shape index (κ2) is 10.8. The van der Waals surface area contributed by atoms with Crippen LogP contribution in [-0.2, 0) is 26.2 Å². The number of carbonyl (C=O) groups excluding carboxylic acids is 2. The fourth-order valence-electron chi connectivity index (χ4n) is 2.94. The molecule has 0 aromatic heterocycles. The van der Waals surface area contributed by atoms with Crippen LogP contribution in [0.3, 0.4) is 0 Å². The van der Waals surface area contributed by atoms with Crippen molar-refractivity contribution < 1.29 is 18.0 Å². The Morgan fingerprint density at radius 3 is 2.26 bits per heavy atom. The van der Waals surface area contributed by atoms with Crippen molar-refractivity contribution in [2.45, 2.75) is 26.4 Å². The molecule has 31 heavy (non-hydrogen) atoms. The first-order valence-electron chi connectivity index (χ1n) is 9.58. The molecule has 0 saturated carbocycles.